The van der Waals surface area contributed by atoms with Gasteiger partial charge >= 0.3 is 22.3 Å². The Morgan fingerprint density at radius 3 is 1.88 bits per heavy atom. The van der Waals surface area contributed by atoms with Crippen molar-refractivity contribution in [1.82, 2.24) is 0 Å². The minimum atomic E-state index is -5.29. The summed E-state index contributed by atoms with van der Waals surface area (Å²) in [6, 6.07) is 0. The van der Waals surface area contributed by atoms with Gasteiger partial charge in [-0.15, -0.1) is 0 Å². The fourth-order valence-electron chi connectivity index (χ4n) is 17.9. The monoisotopic (exact) mass is 1360 g/mol. The highest BCUT2D eigenvalue weighted by atomic mass is 32.3. The summed E-state index contributed by atoms with van der Waals surface area (Å²) in [7, 11) is -4.13. The molecule has 0 bridgehead atoms. The van der Waals surface area contributed by atoms with Gasteiger partial charge in [-0.05, 0) is 81.0 Å². The maximum atomic E-state index is 14.8. The molecule has 93 heavy (non-hydrogen) atoms. The van der Waals surface area contributed by atoms with E-state index < -0.39 is 235 Å². The second-order valence-electron chi connectivity index (χ2n) is 28.9. The Bertz CT molecular complexity index is 2810. The van der Waals surface area contributed by atoms with Gasteiger partial charge in [-0.2, -0.15) is 8.42 Å². The minimum absolute atomic E-state index is 0.0172. The molecule has 532 valence electrons. The van der Waals surface area contributed by atoms with Crippen molar-refractivity contribution in [2.75, 3.05) is 33.5 Å². The van der Waals surface area contributed by atoms with Gasteiger partial charge in [0.05, 0.1) is 50.0 Å². The van der Waals surface area contributed by atoms with Gasteiger partial charge in [0, 0.05) is 32.3 Å². The zero-order valence-corrected chi connectivity index (χ0v) is 54.7. The highest BCUT2D eigenvalue weighted by molar-refractivity contribution is 7.80. The average Bonchev–Trinajstić information content (AvgIpc) is 1.53. The third-order valence-corrected chi connectivity index (χ3v) is 22.8. The summed E-state index contributed by atoms with van der Waals surface area (Å²) in [5.41, 5.74) is -3.28. The number of hydrogen-bond donors (Lipinski definition) is 12. The van der Waals surface area contributed by atoms with Crippen molar-refractivity contribution >= 4 is 28.1 Å². The molecular formula is C61H96O31S. The molecule has 0 radical (unpaired) electrons. The van der Waals surface area contributed by atoms with Crippen LogP contribution >= 0.6 is 0 Å². The van der Waals surface area contributed by atoms with Crippen LogP contribution < -0.4 is 0 Å². The quantitative estimate of drug-likeness (QED) is 0.0347. The van der Waals surface area contributed by atoms with E-state index in [1.54, 1.807) is 6.92 Å². The highest BCUT2D eigenvalue weighted by Crippen LogP contribution is 2.77. The zero-order valence-electron chi connectivity index (χ0n) is 53.8. The van der Waals surface area contributed by atoms with Crippen molar-refractivity contribution in [3.8, 4) is 0 Å². The lowest BCUT2D eigenvalue weighted by molar-refractivity contribution is -0.403. The molecule has 6 heterocycles. The number of rotatable bonds is 20. The van der Waals surface area contributed by atoms with Gasteiger partial charge in [-0.25, -0.2) is 4.18 Å². The van der Waals surface area contributed by atoms with Crippen molar-refractivity contribution in [2.24, 2.45) is 45.3 Å². The number of hydrogen-bond acceptors (Lipinski definition) is 30. The molecular weight excluding hydrogens is 1260 g/mol. The van der Waals surface area contributed by atoms with E-state index in [-0.39, 0.29) is 30.0 Å². The third-order valence-electron chi connectivity index (χ3n) is 22.3. The van der Waals surface area contributed by atoms with Crippen LogP contribution in [-0.4, -0.2) is 280 Å². The molecule has 6 aliphatic heterocycles. The molecule has 0 aromatic rings. The molecule has 0 amide bonds. The summed E-state index contributed by atoms with van der Waals surface area (Å²) >= 11 is 0. The third kappa shape index (κ3) is 13.2. The first-order valence-corrected chi connectivity index (χ1v) is 33.5. The summed E-state index contributed by atoms with van der Waals surface area (Å²) in [6.45, 7) is 13.7. The Labute approximate surface area is 539 Å². The Balaban J connectivity index is 0.917. The van der Waals surface area contributed by atoms with Crippen LogP contribution in [0.15, 0.2) is 11.6 Å². The normalized spacial score (nSPS) is 49.8. The number of aliphatic hydroxyl groups excluding tert-OH is 11. The van der Waals surface area contributed by atoms with Crippen LogP contribution in [0.2, 0.25) is 0 Å². The van der Waals surface area contributed by atoms with Gasteiger partial charge in [0.1, 0.15) is 121 Å². The van der Waals surface area contributed by atoms with E-state index in [9.17, 15) is 83.5 Å². The predicted octanol–water partition coefficient (Wildman–Crippen LogP) is -2.30. The van der Waals surface area contributed by atoms with Crippen LogP contribution in [0.4, 0.5) is 0 Å². The summed E-state index contributed by atoms with van der Waals surface area (Å²) in [5.74, 6) is -1.70. The van der Waals surface area contributed by atoms with Crippen molar-refractivity contribution in [1.29, 1.82) is 0 Å². The summed E-state index contributed by atoms with van der Waals surface area (Å²) in [6.07, 6.45) is -37.4. The molecule has 1 spiro atoms. The zero-order chi connectivity index (χ0) is 68.1. The average molecular weight is 1360 g/mol. The van der Waals surface area contributed by atoms with Crippen molar-refractivity contribution < 1.29 is 149 Å². The maximum Gasteiger partial charge on any atom is 0.397 e. The molecule has 4 aliphatic carbocycles. The standard InChI is InChI=1S/C61H96O31S/c1-24(2)17-27(65)18-60(9)50-31(83-26(4)64)19-59(8)29-11-12-35-57(5,6)36(14-15-58(35,7)28(29)13-16-61(50,59)56(75)91-60)86-54-48(40(70)34(23-81-54)92-93(76,77)78)90-55-49(89-51-41(71)37(67)30(66)22-80-51)42(72)45(25(3)82-55)87-53-44(74)47(39(69)33(21-63)85-53)88-52-43(73)46(79-10)38(68)32(20-62)84-52/h11,24-25,28,30-55,62-63,66-74H,12-23H2,1-10H3,(H,76,77,78)/t25?,28?,30-,31?,32?,33?,34-,35?,36?,37?,38-,39-,40?,41?,42?,43?,44?,45-,46?,47?,48?,49?,50?,51+,52+,53+,54+,55+,58-,59?,60?,61?/m1/s1. The molecule has 0 aromatic carbocycles. The molecule has 12 N–H and O–H groups in total. The molecule has 0 aromatic heterocycles. The van der Waals surface area contributed by atoms with E-state index in [1.165, 1.54) is 13.8 Å². The predicted molar refractivity (Wildman–Crippen MR) is 309 cm³/mol. The topological polar surface area (TPSA) is 457 Å². The molecule has 10 aliphatic rings. The summed E-state index contributed by atoms with van der Waals surface area (Å²) in [4.78, 5) is 41.2. The van der Waals surface area contributed by atoms with E-state index in [2.05, 4.69) is 19.9 Å². The number of allylic oxidation sites excluding steroid dienone is 2. The minimum Gasteiger partial charge on any atom is -0.462 e. The van der Waals surface area contributed by atoms with Crippen LogP contribution in [-0.2, 0) is 90.5 Å². The first-order valence-electron chi connectivity index (χ1n) is 32.1. The number of carbonyl (C=O) groups is 3. The van der Waals surface area contributed by atoms with E-state index in [4.69, 9.17) is 65.8 Å². The Kier molecular flexibility index (Phi) is 21.6. The second kappa shape index (κ2) is 27.5. The van der Waals surface area contributed by atoms with E-state index in [1.807, 2.05) is 27.7 Å². The van der Waals surface area contributed by atoms with Crippen LogP contribution in [0.1, 0.15) is 114 Å². The van der Waals surface area contributed by atoms with Gasteiger partial charge in [0.2, 0.25) is 0 Å². The van der Waals surface area contributed by atoms with Crippen molar-refractivity contribution in [3.63, 3.8) is 0 Å². The second-order valence-corrected chi connectivity index (χ2v) is 29.9. The molecule has 9 fully saturated rings. The van der Waals surface area contributed by atoms with E-state index >= 15 is 0 Å². The lowest BCUT2D eigenvalue weighted by Crippen LogP contribution is -2.68. The Morgan fingerprint density at radius 2 is 1.27 bits per heavy atom. The van der Waals surface area contributed by atoms with E-state index in [0.717, 1.165) is 12.7 Å². The molecule has 3 saturated carbocycles. The fourth-order valence-corrected chi connectivity index (χ4v) is 18.4. The smallest absolute Gasteiger partial charge is 0.397 e. The number of carbonyl (C=O) groups excluding carboxylic acids is 3. The Hall–Kier alpha value is -2.66. The fraction of sp³-hybridized carbons (Fsp3) is 0.918. The number of cyclic esters (lactones) is 1. The van der Waals surface area contributed by atoms with E-state index in [0.29, 0.717) is 44.9 Å². The Morgan fingerprint density at radius 1 is 0.677 bits per heavy atom. The molecule has 21 unspecified atom stereocenters. The van der Waals surface area contributed by atoms with Gasteiger partial charge in [0.15, 0.2) is 31.5 Å². The van der Waals surface area contributed by atoms with Crippen LogP contribution in [0, 0.1) is 45.3 Å². The maximum absolute atomic E-state index is 14.8. The van der Waals surface area contributed by atoms with Gasteiger partial charge < -0.3 is 118 Å². The van der Waals surface area contributed by atoms with Crippen LogP contribution in [0.3, 0.4) is 0 Å². The lowest BCUT2D eigenvalue weighted by atomic mass is 9.41. The SMILES string of the molecule is COC1C(O)[C@H](OC2C(O)[C@H](O[C@@H]3C(C)O[C@@H](OC4C(O)[C@H](OS(=O)(=O)O)CO[C@H]4OC4CC[C@]5(C)C6CCC78C(=O)OC(C)(CC(=O)CC(C)C)C7C(OC(C)=O)CC8(C)C6=CCC5C4(C)C)C(O[C@@H]4OC[C@@H](O)C(O)C4O)C3O)OC(CO)[C@H]2O)OC(CO)[C@H]1O. The van der Waals surface area contributed by atoms with Gasteiger partial charge in [-0.3, -0.25) is 18.9 Å². The first-order chi connectivity index (χ1) is 43.5. The van der Waals surface area contributed by atoms with Crippen molar-refractivity contribution in [2.45, 2.75) is 273 Å². The molecule has 31 nitrogen and oxygen atoms in total. The number of ether oxygens (including phenoxy) is 13. The number of Topliss-reactive ketones (excluding diaryl/α,β-unsaturated/α-hetero) is 1. The lowest BCUT2D eigenvalue weighted by Gasteiger charge is -2.64. The number of ketones is 1. The highest BCUT2D eigenvalue weighted by Gasteiger charge is 2.80. The molecule has 32 atom stereocenters. The molecule has 6 saturated heterocycles. The molecule has 10 rings (SSSR count). The number of methoxy groups -OCH3 is 1. The van der Waals surface area contributed by atoms with Gasteiger partial charge in [0.25, 0.3) is 0 Å². The number of fused-ring (bicyclic) bond motifs is 4. The number of esters is 2. The van der Waals surface area contributed by atoms with Crippen LogP contribution in [0.5, 0.6) is 0 Å². The first kappa shape index (κ1) is 73.1. The molecule has 32 heteroatoms. The summed E-state index contributed by atoms with van der Waals surface area (Å²) in [5, 5.41) is 122. The van der Waals surface area contributed by atoms with Crippen LogP contribution in [0.25, 0.3) is 0 Å². The van der Waals surface area contributed by atoms with Gasteiger partial charge in [-0.1, -0.05) is 53.2 Å². The largest absolute Gasteiger partial charge is 0.462 e. The number of aliphatic hydroxyl groups is 11. The van der Waals surface area contributed by atoms with Crippen molar-refractivity contribution in [3.05, 3.63) is 11.6 Å². The summed E-state index contributed by atoms with van der Waals surface area (Å²) < 4.78 is 118.